The highest BCUT2D eigenvalue weighted by atomic mass is 16.6. The molecule has 2 aromatic carbocycles. The number of aliphatic hydroxyl groups excluding tert-OH is 1. The Hall–Kier alpha value is -4.98. The quantitative estimate of drug-likeness (QED) is 0.105. The van der Waals surface area contributed by atoms with Crippen molar-refractivity contribution in [1.29, 1.82) is 0 Å². The average molecular weight is 1190 g/mol. The number of fused-ring (bicyclic) bond motifs is 14. The Bertz CT molecular complexity index is 3160. The number of aliphatic hydroxyl groups is 2. The number of allylic oxidation sites excluding steroid dienone is 3. The third-order valence-electron chi connectivity index (χ3n) is 26.5. The fourth-order valence-electron chi connectivity index (χ4n) is 23.0. The summed E-state index contributed by atoms with van der Waals surface area (Å²) >= 11 is 0. The van der Waals surface area contributed by atoms with Crippen molar-refractivity contribution in [3.63, 3.8) is 0 Å². The Kier molecular flexibility index (Phi) is 16.0. The molecule has 9 aliphatic carbocycles. The maximum absolute atomic E-state index is 16.2. The van der Waals surface area contributed by atoms with Crippen LogP contribution in [0.2, 0.25) is 0 Å². The number of ketones is 1. The summed E-state index contributed by atoms with van der Waals surface area (Å²) in [6.07, 6.45) is 41.6. The third kappa shape index (κ3) is 9.99. The minimum atomic E-state index is -1.27. The van der Waals surface area contributed by atoms with Gasteiger partial charge in [-0.3, -0.25) is 15.1 Å². The average Bonchev–Trinajstić information content (AvgIpc) is 1.60. The van der Waals surface area contributed by atoms with Crippen LogP contribution in [-0.4, -0.2) is 78.9 Å². The van der Waals surface area contributed by atoms with Crippen molar-refractivity contribution in [2.75, 3.05) is 39.7 Å². The largest absolute Gasteiger partial charge is 0.504 e. The van der Waals surface area contributed by atoms with Crippen LogP contribution in [0.25, 0.3) is 0 Å². The number of carbonyl (C=O) groups excluding carboxylic acids is 1. The van der Waals surface area contributed by atoms with E-state index in [-0.39, 0.29) is 58.7 Å². The van der Waals surface area contributed by atoms with Crippen LogP contribution in [0.1, 0.15) is 198 Å². The Morgan fingerprint density at radius 1 is 0.908 bits per heavy atom. The molecule has 12 nitrogen and oxygen atoms in total. The number of guanidine groups is 1. The van der Waals surface area contributed by atoms with Crippen LogP contribution in [0, 0.1) is 105 Å². The van der Waals surface area contributed by atoms with Crippen LogP contribution in [-0.2, 0) is 21.4 Å². The normalized spacial score (nSPS) is 40.6. The second kappa shape index (κ2) is 23.4. The van der Waals surface area contributed by atoms with Crippen LogP contribution in [0.4, 0.5) is 5.69 Å². The Morgan fingerprint density at radius 3 is 2.56 bits per heavy atom. The molecular weight excluding hydrogens is 1080 g/mol. The molecule has 1 saturated heterocycles. The van der Waals surface area contributed by atoms with Gasteiger partial charge < -0.3 is 44.9 Å². The number of carbonyl (C=O) groups is 1. The second-order valence-corrected chi connectivity index (χ2v) is 30.5. The van der Waals surface area contributed by atoms with Crippen LogP contribution < -0.4 is 30.2 Å². The van der Waals surface area contributed by atoms with Gasteiger partial charge in [-0.2, -0.15) is 0 Å². The lowest BCUT2D eigenvalue weighted by Crippen LogP contribution is -2.58. The molecule has 16 unspecified atom stereocenters. The molecule has 12 heteroatoms. The van der Waals surface area contributed by atoms with Gasteiger partial charge in [-0.15, -0.1) is 0 Å². The molecule has 2 aromatic rings. The summed E-state index contributed by atoms with van der Waals surface area (Å²) < 4.78 is 28.0. The summed E-state index contributed by atoms with van der Waals surface area (Å²) in [5.74, 6) is 11.2. The van der Waals surface area contributed by atoms with E-state index in [4.69, 9.17) is 23.9 Å². The zero-order chi connectivity index (χ0) is 59.8. The maximum Gasteiger partial charge on any atom is 0.207 e. The van der Waals surface area contributed by atoms with Crippen LogP contribution in [0.3, 0.4) is 0 Å². The number of nitrogens with one attached hydrogen (secondary N) is 3. The number of aliphatic imine (C=N–C) groups is 1. The van der Waals surface area contributed by atoms with Gasteiger partial charge >= 0.3 is 0 Å². The maximum atomic E-state index is 16.2. The molecule has 4 spiro atoms. The number of benzene rings is 2. The number of methoxy groups -OCH3 is 1. The molecule has 0 amide bonds. The number of aromatic hydroxyl groups is 1. The summed E-state index contributed by atoms with van der Waals surface area (Å²) in [4.78, 5) is 21.1. The van der Waals surface area contributed by atoms with Crippen molar-refractivity contribution < 1.29 is 39.1 Å². The highest BCUT2D eigenvalue weighted by Gasteiger charge is 2.70. The standard InChI is InChI=1S/C75H100N4O8/c1-5-49-20-22-55-56(18-14-37-80)67-70(29-9-10-30-70)33-34-74(67)54-42-59(79-68(77-3)78-36-13-17-52-16-12-31-73(52,65(82)25-23-58(74)57(55)39-49)44-50-21-24-60(81)62(40-50)84-4)66-63(43-54)86-72(48-76-2)45-64(69(35-38-85-66)27-7-6-8-28-69)71(46-72)32-26-53-41-51-15-11-19-61(51)87-75(53,83)47-71/h21,23-26,32,40,42-43,49,51-53,55-58,61,64,67,76,80-81,83H,5-12,14-20,22,27-31,33-34,37,39,41,44-48H2,1-4H3,(H2,77,78,79). The van der Waals surface area contributed by atoms with E-state index in [0.717, 1.165) is 120 Å². The summed E-state index contributed by atoms with van der Waals surface area (Å²) in [6, 6.07) is 13.7. The Labute approximate surface area is 519 Å². The van der Waals surface area contributed by atoms with Crippen LogP contribution in [0.5, 0.6) is 23.0 Å². The van der Waals surface area contributed by atoms with Crippen LogP contribution >= 0.6 is 0 Å². The molecule has 12 aliphatic rings. The van der Waals surface area contributed by atoms with E-state index >= 15 is 4.79 Å². The van der Waals surface area contributed by atoms with E-state index in [1.807, 2.05) is 12.1 Å². The molecule has 9 fully saturated rings. The lowest BCUT2D eigenvalue weighted by molar-refractivity contribution is -0.301. The molecular formula is C75H100N4O8. The molecule has 6 N–H and O–H groups in total. The van der Waals surface area contributed by atoms with E-state index < -0.39 is 27.6 Å². The van der Waals surface area contributed by atoms with Gasteiger partial charge in [0.05, 0.1) is 18.9 Å². The molecule has 3 aliphatic heterocycles. The van der Waals surface area contributed by atoms with Crippen molar-refractivity contribution in [1.82, 2.24) is 10.6 Å². The monoisotopic (exact) mass is 1180 g/mol. The summed E-state index contributed by atoms with van der Waals surface area (Å²) in [5.41, 5.74) is 0.363. The number of phenols is 1. The molecule has 3 heterocycles. The molecule has 16 atom stereocenters. The molecule has 0 radical (unpaired) electrons. The minimum absolute atomic E-state index is 0.00210. The number of phenolic OH excluding ortho intramolecular Hbond substituents is 1. The fraction of sp³-hybridized carbons (Fsp3) is 0.707. The number of ether oxygens (including phenoxy) is 4. The van der Waals surface area contributed by atoms with Gasteiger partial charge in [0.25, 0.3) is 0 Å². The van der Waals surface area contributed by atoms with Gasteiger partial charge in [-0.05, 0) is 223 Å². The highest BCUT2D eigenvalue weighted by molar-refractivity contribution is 5.97. The number of anilines is 1. The smallest absolute Gasteiger partial charge is 0.207 e. The van der Waals surface area contributed by atoms with E-state index in [1.54, 1.807) is 20.2 Å². The molecule has 87 heavy (non-hydrogen) atoms. The van der Waals surface area contributed by atoms with Gasteiger partial charge in [-0.1, -0.05) is 101 Å². The number of hydrogen-bond donors (Lipinski definition) is 6. The molecule has 0 aromatic heterocycles. The van der Waals surface area contributed by atoms with Crippen molar-refractivity contribution in [2.45, 2.75) is 216 Å². The molecule has 14 rings (SSSR count). The zero-order valence-electron chi connectivity index (χ0n) is 52.8. The van der Waals surface area contributed by atoms with Gasteiger partial charge in [-0.25, -0.2) is 0 Å². The van der Waals surface area contributed by atoms with Crippen molar-refractivity contribution >= 4 is 17.4 Å². The SMILES string of the molecule is CCC1CCC2C(C1)C1C=CC(=O)C3(Cc4ccc(O)c(OC)c4)CCCC3CC#CNC(=NC)Nc3cc(cc4c3OC#CC3(CCCCC3)C3CC(CNC)(CC35C=CC3CC6CCCC6OC3(O)C5)O4)C13CCC1(CCCC1)C3C2CCCO. The predicted octanol–water partition coefficient (Wildman–Crippen LogP) is 13.5. The first-order valence-electron chi connectivity index (χ1n) is 34.8. The highest BCUT2D eigenvalue weighted by Crippen LogP contribution is 2.75. The minimum Gasteiger partial charge on any atom is -0.504 e. The first-order valence-corrected chi connectivity index (χ1v) is 34.8. The number of nitrogens with zero attached hydrogens (tertiary/aromatic N) is 1. The first-order chi connectivity index (χ1) is 42.3. The molecule has 468 valence electrons. The van der Waals surface area contributed by atoms with E-state index in [9.17, 15) is 15.3 Å². The van der Waals surface area contributed by atoms with Gasteiger partial charge in [0.1, 0.15) is 11.7 Å². The van der Waals surface area contributed by atoms with Gasteiger partial charge in [0.15, 0.2) is 28.8 Å². The van der Waals surface area contributed by atoms with Crippen molar-refractivity contribution in [3.8, 4) is 47.0 Å². The predicted molar refractivity (Wildman–Crippen MR) is 340 cm³/mol. The van der Waals surface area contributed by atoms with E-state index in [2.05, 4.69) is 90.4 Å². The molecule has 4 bridgehead atoms. The Morgan fingerprint density at radius 2 is 1.76 bits per heavy atom. The van der Waals surface area contributed by atoms with E-state index in [0.29, 0.717) is 90.9 Å². The summed E-state index contributed by atoms with van der Waals surface area (Å²) in [6.45, 7) is 3.15. The second-order valence-electron chi connectivity index (χ2n) is 30.5. The summed E-state index contributed by atoms with van der Waals surface area (Å²) in [5, 5.41) is 45.8. The topological polar surface area (TPSA) is 163 Å². The molecule has 8 saturated carbocycles. The van der Waals surface area contributed by atoms with E-state index in [1.165, 1.54) is 56.9 Å². The van der Waals surface area contributed by atoms with Gasteiger partial charge in [0, 0.05) is 66.7 Å². The number of rotatable bonds is 9. The number of likely N-dealkylation sites (N-methyl/N-ethyl adjacent to an activating group) is 1. The zero-order valence-corrected chi connectivity index (χ0v) is 52.8. The summed E-state index contributed by atoms with van der Waals surface area (Å²) in [7, 11) is 5.44. The van der Waals surface area contributed by atoms with Gasteiger partial charge in [0.2, 0.25) is 11.7 Å². The Balaban J connectivity index is 0.982. The van der Waals surface area contributed by atoms with Crippen LogP contribution in [0.15, 0.2) is 59.6 Å². The number of hydrogen-bond acceptors (Lipinski definition) is 10. The fourth-order valence-corrected chi connectivity index (χ4v) is 23.0. The lowest BCUT2D eigenvalue weighted by atomic mass is 9.42. The first kappa shape index (κ1) is 59.6. The lowest BCUT2D eigenvalue weighted by Gasteiger charge is -2.62. The van der Waals surface area contributed by atoms with Crippen molar-refractivity contribution in [2.24, 2.45) is 85.8 Å². The third-order valence-corrected chi connectivity index (χ3v) is 26.5. The van der Waals surface area contributed by atoms with Crippen molar-refractivity contribution in [3.05, 3.63) is 65.8 Å².